The number of hydrogen-bond acceptors (Lipinski definition) is 5. The fraction of sp³-hybridized carbons (Fsp3) is 0.381. The molecule has 1 atom stereocenters. The molecule has 1 aliphatic carbocycles. The predicted octanol–water partition coefficient (Wildman–Crippen LogP) is 3.91. The van der Waals surface area contributed by atoms with Crippen LogP contribution in [0.1, 0.15) is 41.3 Å². The lowest BCUT2D eigenvalue weighted by Gasteiger charge is -2.16. The van der Waals surface area contributed by atoms with Gasteiger partial charge in [0.2, 0.25) is 5.91 Å². The van der Waals surface area contributed by atoms with Gasteiger partial charge in [0, 0.05) is 4.88 Å². The van der Waals surface area contributed by atoms with E-state index in [9.17, 15) is 9.59 Å². The molecule has 3 aromatic rings. The topological polar surface area (TPSA) is 78.0 Å². The van der Waals surface area contributed by atoms with Crippen LogP contribution < -0.4 is 11.3 Å². The number of hydrogen-bond donors (Lipinski definition) is 1. The Bertz CT molecular complexity index is 1130. The van der Waals surface area contributed by atoms with Gasteiger partial charge in [0.05, 0.1) is 16.3 Å². The summed E-state index contributed by atoms with van der Waals surface area (Å²) in [5, 5.41) is 0.790. The molecule has 0 bridgehead atoms. The predicted molar refractivity (Wildman–Crippen MR) is 116 cm³/mol. The summed E-state index contributed by atoms with van der Waals surface area (Å²) >= 11 is 2.86. The van der Waals surface area contributed by atoms with Gasteiger partial charge in [-0.05, 0) is 75.3 Å². The van der Waals surface area contributed by atoms with E-state index < -0.39 is 11.2 Å². The van der Waals surface area contributed by atoms with Crippen molar-refractivity contribution in [3.8, 4) is 5.69 Å². The first-order chi connectivity index (χ1) is 13.3. The molecule has 1 amide bonds. The molecule has 7 heteroatoms. The van der Waals surface area contributed by atoms with Gasteiger partial charge in [0.25, 0.3) is 5.56 Å². The lowest BCUT2D eigenvalue weighted by molar-refractivity contribution is -0.117. The van der Waals surface area contributed by atoms with Gasteiger partial charge in [-0.15, -0.1) is 11.3 Å². The fourth-order valence-corrected chi connectivity index (χ4v) is 5.97. The summed E-state index contributed by atoms with van der Waals surface area (Å²) in [7, 11) is 0. The summed E-state index contributed by atoms with van der Waals surface area (Å²) < 4.78 is 1.66. The molecule has 2 heterocycles. The van der Waals surface area contributed by atoms with Gasteiger partial charge in [-0.3, -0.25) is 14.2 Å². The highest BCUT2D eigenvalue weighted by atomic mass is 32.2. The standard InChI is InChI=1S/C21H23N3O2S2/c1-11-8-12(2)10-14(9-11)24-20(26)17-15-6-4-5-7-16(15)28-19(17)23-21(24)27-13(3)18(22)25/h8-10,13H,4-7H2,1-3H3,(H2,22,25). The van der Waals surface area contributed by atoms with Crippen LogP contribution in [0.3, 0.4) is 0 Å². The number of aryl methyl sites for hydroxylation is 4. The molecule has 1 unspecified atom stereocenters. The first kappa shape index (κ1) is 19.2. The first-order valence-electron chi connectivity index (χ1n) is 9.47. The number of thiophene rings is 1. The number of benzene rings is 1. The molecule has 0 spiro atoms. The number of rotatable bonds is 4. The van der Waals surface area contributed by atoms with E-state index >= 15 is 0 Å². The van der Waals surface area contributed by atoms with E-state index in [0.29, 0.717) is 5.16 Å². The molecular formula is C21H23N3O2S2. The van der Waals surface area contributed by atoms with Crippen molar-refractivity contribution in [2.24, 2.45) is 5.73 Å². The molecule has 1 aromatic carbocycles. The smallest absolute Gasteiger partial charge is 0.267 e. The number of aromatic nitrogens is 2. The highest BCUT2D eigenvalue weighted by molar-refractivity contribution is 8.00. The average Bonchev–Trinajstić information content (AvgIpc) is 2.99. The number of carbonyl (C=O) groups excluding carboxylic acids is 1. The second-order valence-corrected chi connectivity index (χ2v) is 9.83. The molecule has 28 heavy (non-hydrogen) atoms. The number of fused-ring (bicyclic) bond motifs is 3. The zero-order chi connectivity index (χ0) is 20.0. The molecule has 0 fully saturated rings. The molecule has 2 N–H and O–H groups in total. The van der Waals surface area contributed by atoms with Gasteiger partial charge in [-0.2, -0.15) is 0 Å². The van der Waals surface area contributed by atoms with Crippen molar-refractivity contribution in [2.45, 2.75) is 56.9 Å². The van der Waals surface area contributed by atoms with E-state index in [4.69, 9.17) is 10.7 Å². The van der Waals surface area contributed by atoms with Crippen molar-refractivity contribution in [1.29, 1.82) is 0 Å². The first-order valence-corrected chi connectivity index (χ1v) is 11.2. The number of nitrogens with two attached hydrogens (primary N) is 1. The third-order valence-corrected chi connectivity index (χ3v) is 7.36. The van der Waals surface area contributed by atoms with Gasteiger partial charge in [0.1, 0.15) is 4.83 Å². The van der Waals surface area contributed by atoms with E-state index in [1.54, 1.807) is 22.8 Å². The largest absolute Gasteiger partial charge is 0.369 e. The van der Waals surface area contributed by atoms with Crippen LogP contribution in [0.15, 0.2) is 28.2 Å². The van der Waals surface area contributed by atoms with Crippen molar-refractivity contribution in [1.82, 2.24) is 9.55 Å². The zero-order valence-electron chi connectivity index (χ0n) is 16.2. The van der Waals surface area contributed by atoms with Crippen LogP contribution in [-0.2, 0) is 17.6 Å². The third-order valence-electron chi connectivity index (χ3n) is 5.11. The fourth-order valence-electron chi connectivity index (χ4n) is 3.79. The van der Waals surface area contributed by atoms with Crippen LogP contribution in [0.4, 0.5) is 0 Å². The van der Waals surface area contributed by atoms with Gasteiger partial charge in [0.15, 0.2) is 5.16 Å². The molecule has 146 valence electrons. The quantitative estimate of drug-likeness (QED) is 0.520. The second kappa shape index (κ2) is 7.37. The molecular weight excluding hydrogens is 390 g/mol. The Labute approximate surface area is 172 Å². The summed E-state index contributed by atoms with van der Waals surface area (Å²) in [4.78, 5) is 32.2. The van der Waals surface area contributed by atoms with E-state index in [0.717, 1.165) is 52.7 Å². The summed E-state index contributed by atoms with van der Waals surface area (Å²) in [5.41, 5.74) is 9.54. The average molecular weight is 414 g/mol. The summed E-state index contributed by atoms with van der Waals surface area (Å²) in [6, 6.07) is 6.05. The van der Waals surface area contributed by atoms with Crippen LogP contribution >= 0.6 is 23.1 Å². The van der Waals surface area contributed by atoms with Crippen molar-refractivity contribution in [3.05, 3.63) is 50.1 Å². The molecule has 0 aliphatic heterocycles. The maximum Gasteiger partial charge on any atom is 0.267 e. The Morgan fingerprint density at radius 1 is 1.21 bits per heavy atom. The van der Waals surface area contributed by atoms with Crippen LogP contribution in [0, 0.1) is 13.8 Å². The highest BCUT2D eigenvalue weighted by Gasteiger charge is 2.24. The number of nitrogens with zero attached hydrogens (tertiary/aromatic N) is 2. The minimum absolute atomic E-state index is 0.0476. The number of primary amides is 1. The van der Waals surface area contributed by atoms with Gasteiger partial charge in [-0.25, -0.2) is 4.98 Å². The second-order valence-electron chi connectivity index (χ2n) is 7.43. The molecule has 4 rings (SSSR count). The lowest BCUT2D eigenvalue weighted by atomic mass is 9.97. The van der Waals surface area contributed by atoms with Gasteiger partial charge < -0.3 is 5.73 Å². The number of carbonyl (C=O) groups is 1. The van der Waals surface area contributed by atoms with Crippen LogP contribution in [-0.4, -0.2) is 20.7 Å². The highest BCUT2D eigenvalue weighted by Crippen LogP contribution is 2.35. The van der Waals surface area contributed by atoms with E-state index in [1.165, 1.54) is 22.2 Å². The Balaban J connectivity index is 2.02. The van der Waals surface area contributed by atoms with Gasteiger partial charge in [-0.1, -0.05) is 17.8 Å². The molecule has 2 aromatic heterocycles. The summed E-state index contributed by atoms with van der Waals surface area (Å²) in [6.07, 6.45) is 4.21. The molecule has 1 aliphatic rings. The lowest BCUT2D eigenvalue weighted by Crippen LogP contribution is -2.26. The van der Waals surface area contributed by atoms with E-state index in [-0.39, 0.29) is 5.56 Å². The number of amides is 1. The van der Waals surface area contributed by atoms with Gasteiger partial charge >= 0.3 is 0 Å². The Kier molecular flexibility index (Phi) is 5.05. The normalized spacial score (nSPS) is 14.8. The number of thioether (sulfide) groups is 1. The Morgan fingerprint density at radius 3 is 2.57 bits per heavy atom. The van der Waals surface area contributed by atoms with Crippen LogP contribution in [0.2, 0.25) is 0 Å². The SMILES string of the molecule is Cc1cc(C)cc(-n2c(SC(C)C(N)=O)nc3sc4c(c3c2=O)CCCC4)c1. The summed E-state index contributed by atoms with van der Waals surface area (Å²) in [6.45, 7) is 5.77. The minimum atomic E-state index is -0.476. The molecule has 0 saturated heterocycles. The van der Waals surface area contributed by atoms with Crippen LogP contribution in [0.5, 0.6) is 0 Å². The maximum absolute atomic E-state index is 13.7. The van der Waals surface area contributed by atoms with E-state index in [2.05, 4.69) is 6.07 Å². The van der Waals surface area contributed by atoms with Crippen molar-refractivity contribution < 1.29 is 4.79 Å². The Hall–Kier alpha value is -2.12. The minimum Gasteiger partial charge on any atom is -0.369 e. The zero-order valence-corrected chi connectivity index (χ0v) is 17.9. The third kappa shape index (κ3) is 3.37. The molecule has 0 radical (unpaired) electrons. The Morgan fingerprint density at radius 2 is 1.89 bits per heavy atom. The monoisotopic (exact) mass is 413 g/mol. The summed E-state index contributed by atoms with van der Waals surface area (Å²) in [5.74, 6) is -0.420. The van der Waals surface area contributed by atoms with Crippen molar-refractivity contribution in [3.63, 3.8) is 0 Å². The van der Waals surface area contributed by atoms with E-state index in [1.807, 2.05) is 26.0 Å². The molecule has 0 saturated carbocycles. The maximum atomic E-state index is 13.7. The van der Waals surface area contributed by atoms with Crippen LogP contribution in [0.25, 0.3) is 15.9 Å². The van der Waals surface area contributed by atoms with Crippen molar-refractivity contribution >= 4 is 39.2 Å². The van der Waals surface area contributed by atoms with Crippen molar-refractivity contribution in [2.75, 3.05) is 0 Å². The molecule has 5 nitrogen and oxygen atoms in total.